The Morgan fingerprint density at radius 1 is 1.53 bits per heavy atom. The summed E-state index contributed by atoms with van der Waals surface area (Å²) in [4.78, 5) is 1.83. The van der Waals surface area contributed by atoms with Gasteiger partial charge >= 0.3 is 0 Å². The van der Waals surface area contributed by atoms with Crippen molar-refractivity contribution in [3.05, 3.63) is 29.6 Å². The topological polar surface area (TPSA) is 62.3 Å². The van der Waals surface area contributed by atoms with Gasteiger partial charge in [-0.2, -0.15) is 0 Å². The summed E-state index contributed by atoms with van der Waals surface area (Å²) in [6, 6.07) is 4.65. The Morgan fingerprint density at radius 2 is 2.24 bits per heavy atom. The number of nitrogens with zero attached hydrogens (tertiary/aromatic N) is 1. The summed E-state index contributed by atoms with van der Waals surface area (Å²) in [7, 11) is 1.82. The van der Waals surface area contributed by atoms with Gasteiger partial charge in [0.25, 0.3) is 0 Å². The van der Waals surface area contributed by atoms with Gasteiger partial charge < -0.3 is 15.4 Å². The van der Waals surface area contributed by atoms with Crippen molar-refractivity contribution in [3.8, 4) is 0 Å². The average Bonchev–Trinajstić information content (AvgIpc) is 2.28. The van der Waals surface area contributed by atoms with Crippen LogP contribution in [-0.4, -0.2) is 32.6 Å². The molecule has 17 heavy (non-hydrogen) atoms. The van der Waals surface area contributed by atoms with Crippen molar-refractivity contribution in [1.29, 1.82) is 5.41 Å². The Bertz CT molecular complexity index is 395. The number of ether oxygens (including phenoxy) is 1. The molecule has 0 bridgehead atoms. The highest BCUT2D eigenvalue weighted by molar-refractivity contribution is 6.00. The molecule has 0 radical (unpaired) electrons. The number of anilines is 1. The van der Waals surface area contributed by atoms with Gasteiger partial charge in [-0.15, -0.1) is 0 Å². The average molecular weight is 239 g/mol. The van der Waals surface area contributed by atoms with E-state index in [4.69, 9.17) is 15.9 Å². The maximum absolute atomic E-state index is 13.6. The van der Waals surface area contributed by atoms with Crippen LogP contribution in [0.5, 0.6) is 0 Å². The lowest BCUT2D eigenvalue weighted by molar-refractivity contribution is 0.154. The van der Waals surface area contributed by atoms with Gasteiger partial charge in [-0.1, -0.05) is 6.07 Å². The standard InChI is InChI=1S/C12H18FN3O/c1-3-17-8-7-16(2)10-6-4-5-9(13)11(10)12(14)15/h4-6H,3,7-8H2,1-2H3,(H3,14,15). The number of nitrogen functional groups attached to an aromatic ring is 1. The molecule has 1 rings (SSSR count). The Kier molecular flexibility index (Phi) is 4.90. The Hall–Kier alpha value is -1.62. The van der Waals surface area contributed by atoms with Gasteiger partial charge in [-0.3, -0.25) is 5.41 Å². The quantitative estimate of drug-likeness (QED) is 0.450. The lowest BCUT2D eigenvalue weighted by atomic mass is 10.1. The number of likely N-dealkylation sites (N-methyl/N-ethyl adjacent to an activating group) is 1. The first-order valence-corrected chi connectivity index (χ1v) is 5.49. The van der Waals surface area contributed by atoms with E-state index in [1.165, 1.54) is 6.07 Å². The molecule has 0 aliphatic heterocycles. The molecule has 0 saturated heterocycles. The molecule has 0 aliphatic rings. The van der Waals surface area contributed by atoms with Crippen molar-refractivity contribution < 1.29 is 9.13 Å². The van der Waals surface area contributed by atoms with Gasteiger partial charge in [0.2, 0.25) is 0 Å². The van der Waals surface area contributed by atoms with Crippen LogP contribution in [0.3, 0.4) is 0 Å². The number of hydrogen-bond donors (Lipinski definition) is 2. The van der Waals surface area contributed by atoms with E-state index in [2.05, 4.69) is 0 Å². The third kappa shape index (κ3) is 3.42. The first kappa shape index (κ1) is 13.4. The van der Waals surface area contributed by atoms with Crippen molar-refractivity contribution in [2.45, 2.75) is 6.92 Å². The zero-order valence-electron chi connectivity index (χ0n) is 10.2. The smallest absolute Gasteiger partial charge is 0.136 e. The van der Waals surface area contributed by atoms with Crippen LogP contribution in [0.1, 0.15) is 12.5 Å². The second-order valence-corrected chi connectivity index (χ2v) is 3.67. The monoisotopic (exact) mass is 239 g/mol. The van der Waals surface area contributed by atoms with Crippen LogP contribution in [-0.2, 0) is 4.74 Å². The molecule has 0 amide bonds. The Balaban J connectivity index is 2.89. The lowest BCUT2D eigenvalue weighted by Gasteiger charge is -2.22. The lowest BCUT2D eigenvalue weighted by Crippen LogP contribution is -2.26. The highest BCUT2D eigenvalue weighted by Gasteiger charge is 2.14. The van der Waals surface area contributed by atoms with Crippen LogP contribution in [0.25, 0.3) is 0 Å². The zero-order valence-corrected chi connectivity index (χ0v) is 10.2. The first-order valence-electron chi connectivity index (χ1n) is 5.49. The molecule has 0 heterocycles. The molecular weight excluding hydrogens is 221 g/mol. The first-order chi connectivity index (χ1) is 8.07. The molecule has 0 aliphatic carbocycles. The van der Waals surface area contributed by atoms with E-state index in [0.29, 0.717) is 25.4 Å². The van der Waals surface area contributed by atoms with E-state index < -0.39 is 5.82 Å². The predicted octanol–water partition coefficient (Wildman–Crippen LogP) is 1.58. The third-order valence-corrected chi connectivity index (χ3v) is 2.45. The van der Waals surface area contributed by atoms with Gasteiger partial charge in [0.15, 0.2) is 0 Å². The van der Waals surface area contributed by atoms with Crippen LogP contribution in [0.4, 0.5) is 10.1 Å². The molecule has 0 atom stereocenters. The number of amidine groups is 1. The van der Waals surface area contributed by atoms with E-state index >= 15 is 0 Å². The van der Waals surface area contributed by atoms with Gasteiger partial charge in [0, 0.05) is 20.2 Å². The van der Waals surface area contributed by atoms with Crippen LogP contribution in [0.15, 0.2) is 18.2 Å². The van der Waals surface area contributed by atoms with E-state index in [-0.39, 0.29) is 11.4 Å². The van der Waals surface area contributed by atoms with Crippen molar-refractivity contribution in [2.75, 3.05) is 31.7 Å². The second kappa shape index (κ2) is 6.20. The summed E-state index contributed by atoms with van der Waals surface area (Å²) < 4.78 is 18.8. The van der Waals surface area contributed by atoms with Gasteiger partial charge in [0.1, 0.15) is 11.7 Å². The molecule has 94 valence electrons. The molecule has 3 N–H and O–H groups in total. The van der Waals surface area contributed by atoms with E-state index in [1.54, 1.807) is 12.1 Å². The van der Waals surface area contributed by atoms with Gasteiger partial charge in [0.05, 0.1) is 17.9 Å². The molecule has 5 heteroatoms. The van der Waals surface area contributed by atoms with Crippen LogP contribution in [0, 0.1) is 11.2 Å². The van der Waals surface area contributed by atoms with Crippen LogP contribution in [0.2, 0.25) is 0 Å². The summed E-state index contributed by atoms with van der Waals surface area (Å²) in [6.45, 7) is 3.75. The minimum atomic E-state index is -0.474. The van der Waals surface area contributed by atoms with Crippen LogP contribution >= 0.6 is 0 Å². The minimum absolute atomic E-state index is 0.145. The third-order valence-electron chi connectivity index (χ3n) is 2.45. The fourth-order valence-electron chi connectivity index (χ4n) is 1.56. The van der Waals surface area contributed by atoms with Crippen LogP contribution < -0.4 is 10.6 Å². The number of nitrogens with one attached hydrogen (secondary N) is 1. The fourth-order valence-corrected chi connectivity index (χ4v) is 1.56. The summed E-state index contributed by atoms with van der Waals surface area (Å²) in [5.41, 5.74) is 6.15. The molecule has 1 aromatic carbocycles. The largest absolute Gasteiger partial charge is 0.384 e. The summed E-state index contributed by atoms with van der Waals surface area (Å²) >= 11 is 0. The number of nitrogens with two attached hydrogens (primary N) is 1. The zero-order chi connectivity index (χ0) is 12.8. The highest BCUT2D eigenvalue weighted by Crippen LogP contribution is 2.21. The molecule has 0 fully saturated rings. The van der Waals surface area contributed by atoms with Gasteiger partial charge in [-0.25, -0.2) is 4.39 Å². The fraction of sp³-hybridized carbons (Fsp3) is 0.417. The second-order valence-electron chi connectivity index (χ2n) is 3.67. The van der Waals surface area contributed by atoms with Crippen molar-refractivity contribution in [3.63, 3.8) is 0 Å². The summed E-state index contributed by atoms with van der Waals surface area (Å²) in [6.07, 6.45) is 0. The number of benzene rings is 1. The molecule has 0 saturated carbocycles. The Morgan fingerprint density at radius 3 is 2.82 bits per heavy atom. The Labute approximate surface area is 101 Å². The highest BCUT2D eigenvalue weighted by atomic mass is 19.1. The SMILES string of the molecule is CCOCCN(C)c1cccc(F)c1C(=N)N. The van der Waals surface area contributed by atoms with E-state index in [9.17, 15) is 4.39 Å². The van der Waals surface area contributed by atoms with Crippen molar-refractivity contribution in [2.24, 2.45) is 5.73 Å². The van der Waals surface area contributed by atoms with Crippen molar-refractivity contribution >= 4 is 11.5 Å². The minimum Gasteiger partial charge on any atom is -0.384 e. The maximum Gasteiger partial charge on any atom is 0.136 e. The molecule has 0 aromatic heterocycles. The van der Waals surface area contributed by atoms with E-state index in [1.807, 2.05) is 18.9 Å². The maximum atomic E-state index is 13.6. The molecule has 0 unspecified atom stereocenters. The predicted molar refractivity (Wildman–Crippen MR) is 67.2 cm³/mol. The molecule has 0 spiro atoms. The number of hydrogen-bond acceptors (Lipinski definition) is 3. The van der Waals surface area contributed by atoms with E-state index in [0.717, 1.165) is 0 Å². The molecule has 1 aromatic rings. The molecular formula is C12H18FN3O. The molecule has 4 nitrogen and oxygen atoms in total. The summed E-state index contributed by atoms with van der Waals surface area (Å²) in [5.74, 6) is -0.736. The normalized spacial score (nSPS) is 10.3. The number of rotatable bonds is 6. The summed E-state index contributed by atoms with van der Waals surface area (Å²) in [5, 5.41) is 7.40. The number of halogens is 1. The van der Waals surface area contributed by atoms with Crippen molar-refractivity contribution in [1.82, 2.24) is 0 Å². The van der Waals surface area contributed by atoms with Gasteiger partial charge in [-0.05, 0) is 19.1 Å².